The van der Waals surface area contributed by atoms with Crippen LogP contribution in [0.25, 0.3) is 10.7 Å². The second-order valence-corrected chi connectivity index (χ2v) is 6.89. The van der Waals surface area contributed by atoms with Gasteiger partial charge in [0.2, 0.25) is 5.82 Å². The third kappa shape index (κ3) is 3.30. The van der Waals surface area contributed by atoms with Crippen LogP contribution < -0.4 is 0 Å². The van der Waals surface area contributed by atoms with Crippen LogP contribution in [0.2, 0.25) is 0 Å². The van der Waals surface area contributed by atoms with Gasteiger partial charge in [0.1, 0.15) is 5.82 Å². The molecule has 0 aliphatic carbocycles. The average molecular weight is 357 g/mol. The number of likely N-dealkylation sites (tertiary alicyclic amines) is 1. The van der Waals surface area contributed by atoms with Crippen molar-refractivity contribution >= 4 is 17.2 Å². The Kier molecular flexibility index (Phi) is 4.27. The molecule has 0 saturated carbocycles. The van der Waals surface area contributed by atoms with E-state index in [1.807, 2.05) is 22.4 Å². The zero-order valence-corrected chi connectivity index (χ0v) is 14.2. The molecule has 0 radical (unpaired) electrons. The van der Waals surface area contributed by atoms with Crippen LogP contribution in [0.4, 0.5) is 4.39 Å². The van der Waals surface area contributed by atoms with Gasteiger partial charge in [-0.15, -0.1) is 21.5 Å². The number of amides is 1. The molecule has 8 heteroatoms. The topological polar surface area (TPSA) is 63.9 Å². The highest BCUT2D eigenvalue weighted by atomic mass is 32.1. The predicted molar refractivity (Wildman–Crippen MR) is 91.6 cm³/mol. The third-order valence-corrected chi connectivity index (χ3v) is 5.16. The summed E-state index contributed by atoms with van der Waals surface area (Å²) in [5, 5.41) is 14.6. The molecule has 1 aliphatic heterocycles. The van der Waals surface area contributed by atoms with Crippen LogP contribution in [-0.2, 0) is 6.54 Å². The van der Waals surface area contributed by atoms with E-state index in [1.54, 1.807) is 16.1 Å². The van der Waals surface area contributed by atoms with Gasteiger partial charge in [0.05, 0.1) is 17.5 Å². The molecule has 6 nitrogen and oxygen atoms in total. The first-order valence-electron chi connectivity index (χ1n) is 8.09. The molecule has 1 amide bonds. The zero-order valence-electron chi connectivity index (χ0n) is 13.4. The number of carbonyl (C=O) groups is 1. The molecule has 0 spiro atoms. The van der Waals surface area contributed by atoms with Gasteiger partial charge in [0.15, 0.2) is 0 Å². The maximum atomic E-state index is 13.1. The van der Waals surface area contributed by atoms with E-state index in [0.29, 0.717) is 24.5 Å². The molecule has 0 bridgehead atoms. The summed E-state index contributed by atoms with van der Waals surface area (Å²) in [6.45, 7) is 1.19. The third-order valence-electron chi connectivity index (χ3n) is 4.30. The lowest BCUT2D eigenvalue weighted by Gasteiger charge is -2.24. The number of hydrogen-bond acceptors (Lipinski definition) is 5. The van der Waals surface area contributed by atoms with Crippen LogP contribution in [0.3, 0.4) is 0 Å². The predicted octanol–water partition coefficient (Wildman–Crippen LogP) is 2.85. The number of aromatic nitrogens is 4. The fourth-order valence-electron chi connectivity index (χ4n) is 3.06. The second-order valence-electron chi connectivity index (χ2n) is 5.95. The van der Waals surface area contributed by atoms with Crippen LogP contribution >= 0.6 is 11.3 Å². The summed E-state index contributed by atoms with van der Waals surface area (Å²) in [6.07, 6.45) is 1.83. The molecule has 3 heterocycles. The van der Waals surface area contributed by atoms with Crippen molar-refractivity contribution in [1.29, 1.82) is 0 Å². The first-order chi connectivity index (χ1) is 12.2. The Labute approximate surface area is 147 Å². The van der Waals surface area contributed by atoms with Crippen LogP contribution in [0.15, 0.2) is 41.8 Å². The molecule has 1 fully saturated rings. The van der Waals surface area contributed by atoms with Gasteiger partial charge in [-0.25, -0.2) is 4.39 Å². The van der Waals surface area contributed by atoms with Crippen LogP contribution in [0.5, 0.6) is 0 Å². The van der Waals surface area contributed by atoms with Gasteiger partial charge >= 0.3 is 0 Å². The molecule has 0 unspecified atom stereocenters. The van der Waals surface area contributed by atoms with Crippen molar-refractivity contribution in [3.63, 3.8) is 0 Å². The molecular weight excluding hydrogens is 341 g/mol. The van der Waals surface area contributed by atoms with E-state index < -0.39 is 0 Å². The molecular formula is C17H16FN5OS. The number of nitrogens with zero attached hydrogens (tertiary/aromatic N) is 5. The van der Waals surface area contributed by atoms with E-state index in [0.717, 1.165) is 17.7 Å². The van der Waals surface area contributed by atoms with Crippen molar-refractivity contribution in [2.45, 2.75) is 25.4 Å². The highest BCUT2D eigenvalue weighted by Crippen LogP contribution is 2.23. The van der Waals surface area contributed by atoms with Gasteiger partial charge in [-0.05, 0) is 53.8 Å². The molecule has 25 heavy (non-hydrogen) atoms. The molecule has 1 aromatic carbocycles. The van der Waals surface area contributed by atoms with Crippen molar-refractivity contribution in [2.24, 2.45) is 0 Å². The normalized spacial score (nSPS) is 17.2. The number of thiophene rings is 1. The Balaban J connectivity index is 1.48. The van der Waals surface area contributed by atoms with E-state index in [2.05, 4.69) is 15.4 Å². The zero-order chi connectivity index (χ0) is 17.2. The SMILES string of the molecule is O=C(c1ccc(F)cc1)N1CCC[C@@H]1Cn1nnc(-c2cccs2)n1. The van der Waals surface area contributed by atoms with Gasteiger partial charge in [-0.1, -0.05) is 6.07 Å². The Bertz CT molecular complexity index is 862. The summed E-state index contributed by atoms with van der Waals surface area (Å²) in [5.41, 5.74) is 0.499. The molecule has 1 atom stereocenters. The number of tetrazole rings is 1. The maximum Gasteiger partial charge on any atom is 0.254 e. The van der Waals surface area contributed by atoms with E-state index >= 15 is 0 Å². The lowest BCUT2D eigenvalue weighted by molar-refractivity contribution is 0.0718. The van der Waals surface area contributed by atoms with E-state index in [1.165, 1.54) is 24.3 Å². The van der Waals surface area contributed by atoms with Gasteiger partial charge in [0, 0.05) is 12.1 Å². The average Bonchev–Trinajstić information content (AvgIpc) is 3.37. The summed E-state index contributed by atoms with van der Waals surface area (Å²) < 4.78 is 13.1. The minimum atomic E-state index is -0.345. The number of benzene rings is 1. The lowest BCUT2D eigenvalue weighted by atomic mass is 10.1. The van der Waals surface area contributed by atoms with E-state index in [4.69, 9.17) is 0 Å². The highest BCUT2D eigenvalue weighted by molar-refractivity contribution is 7.13. The number of halogens is 1. The first kappa shape index (κ1) is 15.9. The summed E-state index contributed by atoms with van der Waals surface area (Å²) in [6, 6.07) is 9.58. The number of carbonyl (C=O) groups excluding carboxylic acids is 1. The molecule has 2 aromatic heterocycles. The van der Waals surface area contributed by atoms with E-state index in [9.17, 15) is 9.18 Å². The van der Waals surface area contributed by atoms with Crippen molar-refractivity contribution in [3.8, 4) is 10.7 Å². The van der Waals surface area contributed by atoms with Gasteiger partial charge < -0.3 is 4.90 Å². The summed E-state index contributed by atoms with van der Waals surface area (Å²) >= 11 is 1.56. The smallest absolute Gasteiger partial charge is 0.254 e. The fourth-order valence-corrected chi connectivity index (χ4v) is 3.71. The molecule has 0 N–H and O–H groups in total. The molecule has 3 aromatic rings. The molecule has 1 saturated heterocycles. The van der Waals surface area contributed by atoms with Crippen molar-refractivity contribution in [2.75, 3.05) is 6.54 Å². The molecule has 1 aliphatic rings. The van der Waals surface area contributed by atoms with E-state index in [-0.39, 0.29) is 17.8 Å². The van der Waals surface area contributed by atoms with Gasteiger partial charge in [-0.3, -0.25) is 4.79 Å². The van der Waals surface area contributed by atoms with Crippen LogP contribution in [0.1, 0.15) is 23.2 Å². The Hall–Kier alpha value is -2.61. The quantitative estimate of drug-likeness (QED) is 0.720. The Morgan fingerprint density at radius 2 is 2.12 bits per heavy atom. The minimum absolute atomic E-state index is 0.0166. The van der Waals surface area contributed by atoms with Crippen molar-refractivity contribution in [1.82, 2.24) is 25.1 Å². The molecule has 128 valence electrons. The van der Waals surface area contributed by atoms with Crippen molar-refractivity contribution in [3.05, 3.63) is 53.2 Å². The van der Waals surface area contributed by atoms with Crippen LogP contribution in [0, 0.1) is 5.82 Å². The number of rotatable bonds is 4. The minimum Gasteiger partial charge on any atom is -0.334 e. The monoisotopic (exact) mass is 357 g/mol. The van der Waals surface area contributed by atoms with Crippen molar-refractivity contribution < 1.29 is 9.18 Å². The van der Waals surface area contributed by atoms with Gasteiger partial charge in [0.25, 0.3) is 5.91 Å². The number of hydrogen-bond donors (Lipinski definition) is 0. The van der Waals surface area contributed by atoms with Crippen LogP contribution in [-0.4, -0.2) is 43.6 Å². The largest absolute Gasteiger partial charge is 0.334 e. The summed E-state index contributed by atoms with van der Waals surface area (Å²) in [7, 11) is 0. The Morgan fingerprint density at radius 3 is 2.88 bits per heavy atom. The van der Waals surface area contributed by atoms with Gasteiger partial charge in [-0.2, -0.15) is 4.80 Å². The fraction of sp³-hybridized carbons (Fsp3) is 0.294. The highest BCUT2D eigenvalue weighted by Gasteiger charge is 2.30. The lowest BCUT2D eigenvalue weighted by Crippen LogP contribution is -2.38. The second kappa shape index (κ2) is 6.72. The Morgan fingerprint density at radius 1 is 1.28 bits per heavy atom. The maximum absolute atomic E-state index is 13.1. The summed E-state index contributed by atoms with van der Waals surface area (Å²) in [4.78, 5) is 17.0. The first-order valence-corrected chi connectivity index (χ1v) is 8.97. The summed E-state index contributed by atoms with van der Waals surface area (Å²) in [5.74, 6) is 0.174. The molecule has 4 rings (SSSR count). The standard InChI is InChI=1S/C17H16FN5OS/c18-13-7-5-12(6-8-13)17(24)22-9-1-3-14(22)11-23-20-16(19-21-23)15-4-2-10-25-15/h2,4-8,10,14H,1,3,9,11H2/t14-/m1/s1.